The van der Waals surface area contributed by atoms with Gasteiger partial charge in [0.15, 0.2) is 0 Å². The minimum absolute atomic E-state index is 0. The summed E-state index contributed by atoms with van der Waals surface area (Å²) in [5.74, 6) is 0. The zero-order valence-corrected chi connectivity index (χ0v) is 13.2. The third-order valence-corrected chi connectivity index (χ3v) is 3.95. The number of aromatic amines is 2. The van der Waals surface area contributed by atoms with E-state index in [9.17, 15) is 8.42 Å². The van der Waals surface area contributed by atoms with Gasteiger partial charge in [-0.2, -0.15) is 0 Å². The Bertz CT molecular complexity index is 662. The Labute approximate surface area is 127 Å². The van der Waals surface area contributed by atoms with E-state index >= 15 is 0 Å². The van der Waals surface area contributed by atoms with Gasteiger partial charge in [0.2, 0.25) is 10.3 Å². The van der Waals surface area contributed by atoms with Crippen LogP contribution in [-0.4, -0.2) is 28.4 Å². The maximum absolute atomic E-state index is 12.2. The van der Waals surface area contributed by atoms with Crippen LogP contribution >= 0.6 is 17.0 Å². The smallest absolute Gasteiger partial charge is 0.273 e. The third kappa shape index (κ3) is 3.07. The first-order chi connectivity index (χ1) is 9.09. The van der Waals surface area contributed by atoms with Gasteiger partial charge >= 0.3 is 0 Å². The highest BCUT2D eigenvalue weighted by molar-refractivity contribution is 8.93. The Morgan fingerprint density at radius 3 is 2.45 bits per heavy atom. The fraction of sp³-hybridized carbons (Fsp3) is 0.167. The summed E-state index contributed by atoms with van der Waals surface area (Å²) in [5.41, 5.74) is 1.38. The van der Waals surface area contributed by atoms with Crippen molar-refractivity contribution in [2.24, 2.45) is 0 Å². The predicted molar refractivity (Wildman–Crippen MR) is 80.8 cm³/mol. The van der Waals surface area contributed by atoms with Crippen LogP contribution in [0, 0.1) is 0 Å². The largest absolute Gasteiger partial charge is 0.335 e. The average Bonchev–Trinajstić information content (AvgIpc) is 3.00. The first-order valence-electron chi connectivity index (χ1n) is 5.63. The molecule has 8 heteroatoms. The molecule has 0 saturated carbocycles. The highest BCUT2D eigenvalue weighted by Crippen LogP contribution is 2.17. The van der Waals surface area contributed by atoms with Gasteiger partial charge in [-0.3, -0.25) is 0 Å². The van der Waals surface area contributed by atoms with Crippen LogP contribution < -0.4 is 0 Å². The second-order valence-electron chi connectivity index (χ2n) is 3.85. The van der Waals surface area contributed by atoms with Gasteiger partial charge in [-0.25, -0.2) is 18.4 Å². The summed E-state index contributed by atoms with van der Waals surface area (Å²) in [6, 6.07) is 0. The molecule has 2 aromatic heterocycles. The van der Waals surface area contributed by atoms with Gasteiger partial charge in [-0.05, 0) is 0 Å². The summed E-state index contributed by atoms with van der Waals surface area (Å²) in [7, 11) is -3.74. The monoisotopic (exact) mass is 358 g/mol. The maximum atomic E-state index is 12.2. The maximum Gasteiger partial charge on any atom is 0.273 e. The molecule has 0 spiro atoms. The van der Waals surface area contributed by atoms with Gasteiger partial charge in [0, 0.05) is 30.9 Å². The van der Waals surface area contributed by atoms with E-state index in [4.69, 9.17) is 0 Å². The number of hydrogen-bond donors (Lipinski definition) is 2. The lowest BCUT2D eigenvalue weighted by Crippen LogP contribution is -2.06. The molecule has 2 aromatic rings. The third-order valence-electron chi connectivity index (χ3n) is 2.51. The zero-order chi connectivity index (χ0) is 13.9. The topological polar surface area (TPSA) is 91.5 Å². The lowest BCUT2D eigenvalue weighted by molar-refractivity contribution is 0.581. The van der Waals surface area contributed by atoms with Gasteiger partial charge in [-0.15, -0.1) is 30.1 Å². The summed E-state index contributed by atoms with van der Waals surface area (Å²) in [6.45, 7) is 7.27. The number of aromatic nitrogens is 4. The van der Waals surface area contributed by atoms with E-state index < -0.39 is 9.84 Å². The van der Waals surface area contributed by atoms with Crippen LogP contribution in [0.15, 0.2) is 48.0 Å². The molecule has 0 radical (unpaired) electrons. The van der Waals surface area contributed by atoms with E-state index in [1.165, 1.54) is 12.4 Å². The van der Waals surface area contributed by atoms with Crippen LogP contribution in [-0.2, 0) is 22.7 Å². The van der Waals surface area contributed by atoms with Crippen molar-refractivity contribution in [2.75, 3.05) is 0 Å². The second kappa shape index (κ2) is 6.67. The molecule has 0 amide bonds. The van der Waals surface area contributed by atoms with Crippen LogP contribution in [0.2, 0.25) is 0 Å². The van der Waals surface area contributed by atoms with Crippen LogP contribution in [0.4, 0.5) is 0 Å². The molecule has 20 heavy (non-hydrogen) atoms. The Morgan fingerprint density at radius 2 is 1.90 bits per heavy atom. The molecule has 0 aromatic carbocycles. The molecule has 0 aliphatic rings. The van der Waals surface area contributed by atoms with Crippen LogP contribution in [0.3, 0.4) is 0 Å². The molecule has 0 bridgehead atoms. The van der Waals surface area contributed by atoms with E-state index in [1.807, 2.05) is 0 Å². The van der Waals surface area contributed by atoms with Gasteiger partial charge in [-0.1, -0.05) is 12.2 Å². The predicted octanol–water partition coefficient (Wildman–Crippen LogP) is 2.00. The van der Waals surface area contributed by atoms with Crippen molar-refractivity contribution in [1.82, 2.24) is 19.9 Å². The normalized spacial score (nSPS) is 10.8. The molecule has 0 aliphatic heterocycles. The van der Waals surface area contributed by atoms with Gasteiger partial charge in [0.05, 0.1) is 5.69 Å². The number of nitrogens with one attached hydrogen (secondary N) is 2. The number of halogens is 1. The molecular weight excluding hydrogens is 344 g/mol. The summed E-state index contributed by atoms with van der Waals surface area (Å²) < 4.78 is 24.5. The van der Waals surface area contributed by atoms with E-state index in [-0.39, 0.29) is 27.3 Å². The standard InChI is InChI=1S/C12H14N4O2S.BrH/c1-3-5-9-10(6-4-2)16-12(15-9)19(17,18)11-13-7-8-14-11;/h3-4,7-8H,1-2,5-6H2,(H,13,14)(H,15,16);1H. The van der Waals surface area contributed by atoms with Crippen molar-refractivity contribution in [3.8, 4) is 0 Å². The van der Waals surface area contributed by atoms with Crippen molar-refractivity contribution in [2.45, 2.75) is 23.2 Å². The number of H-pyrrole nitrogens is 2. The van der Waals surface area contributed by atoms with E-state index in [1.54, 1.807) is 12.2 Å². The molecule has 2 rings (SSSR count). The molecule has 0 unspecified atom stereocenters. The summed E-state index contributed by atoms with van der Waals surface area (Å²) in [4.78, 5) is 13.3. The zero-order valence-electron chi connectivity index (χ0n) is 10.7. The average molecular weight is 359 g/mol. The summed E-state index contributed by atoms with van der Waals surface area (Å²) in [5, 5.41) is -0.243. The molecule has 0 fully saturated rings. The highest BCUT2D eigenvalue weighted by Gasteiger charge is 2.25. The SMILES string of the molecule is Br.C=CCc1nc(S(=O)(=O)c2ncc[nH]2)[nH]c1CC=C. The number of rotatable bonds is 6. The first kappa shape index (κ1) is 16.4. The fourth-order valence-corrected chi connectivity index (χ4v) is 2.75. The fourth-order valence-electron chi connectivity index (χ4n) is 1.65. The Kier molecular flexibility index (Phi) is 5.46. The number of nitrogens with zero attached hydrogens (tertiary/aromatic N) is 2. The molecule has 0 atom stereocenters. The molecular formula is C12H15BrN4O2S. The summed E-state index contributed by atoms with van der Waals surface area (Å²) in [6.07, 6.45) is 7.20. The lowest BCUT2D eigenvalue weighted by Gasteiger charge is -1.95. The second-order valence-corrected chi connectivity index (χ2v) is 5.63. The van der Waals surface area contributed by atoms with Crippen molar-refractivity contribution in [3.63, 3.8) is 0 Å². The van der Waals surface area contributed by atoms with Crippen molar-refractivity contribution < 1.29 is 8.42 Å². The quantitative estimate of drug-likeness (QED) is 0.772. The molecule has 2 heterocycles. The van der Waals surface area contributed by atoms with E-state index in [0.717, 1.165) is 5.69 Å². The van der Waals surface area contributed by atoms with E-state index in [0.29, 0.717) is 18.5 Å². The molecule has 6 nitrogen and oxygen atoms in total. The lowest BCUT2D eigenvalue weighted by atomic mass is 10.2. The van der Waals surface area contributed by atoms with Crippen LogP contribution in [0.25, 0.3) is 0 Å². The highest BCUT2D eigenvalue weighted by atomic mass is 79.9. The Hall–Kier alpha value is -1.67. The van der Waals surface area contributed by atoms with Crippen molar-refractivity contribution in [1.29, 1.82) is 0 Å². The molecule has 0 saturated heterocycles. The molecule has 2 N–H and O–H groups in total. The molecule has 0 aliphatic carbocycles. The van der Waals surface area contributed by atoms with Gasteiger partial charge < -0.3 is 9.97 Å². The number of allylic oxidation sites excluding steroid dienone is 2. The van der Waals surface area contributed by atoms with Crippen molar-refractivity contribution in [3.05, 3.63) is 49.1 Å². The number of hydrogen-bond acceptors (Lipinski definition) is 4. The number of sulfone groups is 1. The van der Waals surface area contributed by atoms with E-state index in [2.05, 4.69) is 33.1 Å². The minimum atomic E-state index is -3.74. The Morgan fingerprint density at radius 1 is 1.20 bits per heavy atom. The summed E-state index contributed by atoms with van der Waals surface area (Å²) >= 11 is 0. The van der Waals surface area contributed by atoms with Crippen LogP contribution in [0.1, 0.15) is 11.4 Å². The number of imidazole rings is 2. The van der Waals surface area contributed by atoms with Gasteiger partial charge in [0.1, 0.15) is 0 Å². The first-order valence-corrected chi connectivity index (χ1v) is 7.12. The van der Waals surface area contributed by atoms with Crippen molar-refractivity contribution >= 4 is 26.8 Å². The van der Waals surface area contributed by atoms with Crippen LogP contribution in [0.5, 0.6) is 0 Å². The van der Waals surface area contributed by atoms with Gasteiger partial charge in [0.25, 0.3) is 9.84 Å². The molecule has 108 valence electrons. The Balaban J connectivity index is 0.00000200. The minimum Gasteiger partial charge on any atom is -0.335 e.